The van der Waals surface area contributed by atoms with Crippen molar-refractivity contribution in [2.75, 3.05) is 13.2 Å². The van der Waals surface area contributed by atoms with Crippen molar-refractivity contribution in [3.8, 4) is 0 Å². The first-order chi connectivity index (χ1) is 8.78. The van der Waals surface area contributed by atoms with E-state index in [1.165, 1.54) is 5.57 Å². The average Bonchev–Trinajstić information content (AvgIpc) is 2.26. The fraction of sp³-hybridized carbons (Fsp3) is 0.692. The molecule has 0 saturated carbocycles. The molecule has 0 fully saturated rings. The first-order valence-electron chi connectivity index (χ1n) is 6.29. The smallest absolute Gasteiger partial charge is 0.404 e. The molecule has 0 saturated heterocycles. The summed E-state index contributed by atoms with van der Waals surface area (Å²) in [5, 5.41) is 0. The molecule has 6 heteroatoms. The molecule has 0 aromatic carbocycles. The first kappa shape index (κ1) is 15.3. The van der Waals surface area contributed by atoms with Gasteiger partial charge in [0.25, 0.3) is 0 Å². The van der Waals surface area contributed by atoms with E-state index >= 15 is 0 Å². The molecule has 2 atom stereocenters. The highest BCUT2D eigenvalue weighted by Crippen LogP contribution is 2.44. The van der Waals surface area contributed by atoms with Crippen LogP contribution < -0.4 is 11.5 Å². The highest BCUT2D eigenvalue weighted by atomic mass is 16.6. The zero-order chi connectivity index (χ0) is 14.6. The number of hydrogen-bond acceptors (Lipinski definition) is 4. The van der Waals surface area contributed by atoms with Crippen LogP contribution in [0.4, 0.5) is 9.59 Å². The van der Waals surface area contributed by atoms with Crippen LogP contribution in [0.5, 0.6) is 0 Å². The monoisotopic (exact) mass is 270 g/mol. The largest absolute Gasteiger partial charge is 0.449 e. The Morgan fingerprint density at radius 1 is 1.26 bits per heavy atom. The molecule has 1 aliphatic carbocycles. The number of allylic oxidation sites excluding steroid dienone is 2. The summed E-state index contributed by atoms with van der Waals surface area (Å²) in [5.74, 6) is 0.279. The van der Waals surface area contributed by atoms with Crippen LogP contribution in [-0.2, 0) is 9.47 Å². The molecule has 0 aromatic heterocycles. The van der Waals surface area contributed by atoms with Gasteiger partial charge in [0.05, 0.1) is 0 Å². The standard InChI is InChI=1S/C13H22N2O4/c1-8-4-9(2)13(10(3)5-8,6-18-11(14)16)7-19-12(15)17/h4,9-10H,5-7H2,1-3H3,(H2,14,16)(H2,15,17)/t9-,10+/m1/s1. The van der Waals surface area contributed by atoms with Crippen molar-refractivity contribution in [3.63, 3.8) is 0 Å². The van der Waals surface area contributed by atoms with Gasteiger partial charge in [0.1, 0.15) is 13.2 Å². The molecule has 1 rings (SSSR count). The normalized spacial score (nSPS) is 25.3. The number of rotatable bonds is 4. The number of nitrogens with two attached hydrogens (primary N) is 2. The summed E-state index contributed by atoms with van der Waals surface area (Å²) < 4.78 is 9.94. The Morgan fingerprint density at radius 3 is 2.11 bits per heavy atom. The van der Waals surface area contributed by atoms with Crippen LogP contribution in [0, 0.1) is 17.3 Å². The molecule has 19 heavy (non-hydrogen) atoms. The summed E-state index contributed by atoms with van der Waals surface area (Å²) in [6.45, 7) is 6.33. The van der Waals surface area contributed by atoms with E-state index in [4.69, 9.17) is 20.9 Å². The molecule has 108 valence electrons. The minimum Gasteiger partial charge on any atom is -0.449 e. The second kappa shape index (κ2) is 5.95. The first-order valence-corrected chi connectivity index (χ1v) is 6.29. The van der Waals surface area contributed by atoms with Gasteiger partial charge in [0.2, 0.25) is 0 Å². The lowest BCUT2D eigenvalue weighted by Gasteiger charge is -2.44. The van der Waals surface area contributed by atoms with Gasteiger partial charge in [-0.1, -0.05) is 25.5 Å². The van der Waals surface area contributed by atoms with Crippen LogP contribution in [-0.4, -0.2) is 25.4 Å². The summed E-state index contributed by atoms with van der Waals surface area (Å²) in [6, 6.07) is 0. The molecule has 0 unspecified atom stereocenters. The molecule has 0 aliphatic heterocycles. The molecule has 2 amide bonds. The van der Waals surface area contributed by atoms with Gasteiger partial charge in [-0.25, -0.2) is 9.59 Å². The fourth-order valence-electron chi connectivity index (χ4n) is 2.80. The molecule has 0 heterocycles. The Bertz CT molecular complexity index is 374. The van der Waals surface area contributed by atoms with Crippen molar-refractivity contribution in [1.29, 1.82) is 0 Å². The SMILES string of the molecule is CC1=C[C@@H](C)C(COC(N)=O)(COC(N)=O)[C@@H](C)C1. The van der Waals surface area contributed by atoms with Crippen molar-refractivity contribution >= 4 is 12.2 Å². The summed E-state index contributed by atoms with van der Waals surface area (Å²) in [5.41, 5.74) is 10.9. The lowest BCUT2D eigenvalue weighted by molar-refractivity contribution is -0.0330. The molecular weight excluding hydrogens is 248 g/mol. The van der Waals surface area contributed by atoms with Crippen LogP contribution in [0.25, 0.3) is 0 Å². The summed E-state index contributed by atoms with van der Waals surface area (Å²) in [6.07, 6.45) is 1.30. The quantitative estimate of drug-likeness (QED) is 0.759. The molecule has 6 nitrogen and oxygen atoms in total. The topological polar surface area (TPSA) is 105 Å². The third-order valence-corrected chi connectivity index (χ3v) is 4.02. The van der Waals surface area contributed by atoms with E-state index in [0.29, 0.717) is 0 Å². The van der Waals surface area contributed by atoms with Gasteiger partial charge in [0, 0.05) is 5.41 Å². The van der Waals surface area contributed by atoms with Crippen molar-refractivity contribution in [2.24, 2.45) is 28.7 Å². The van der Waals surface area contributed by atoms with E-state index < -0.39 is 17.6 Å². The van der Waals surface area contributed by atoms with Gasteiger partial charge in [0.15, 0.2) is 0 Å². The van der Waals surface area contributed by atoms with E-state index in [1.807, 2.05) is 13.8 Å². The van der Waals surface area contributed by atoms with Gasteiger partial charge in [-0.2, -0.15) is 0 Å². The Balaban J connectivity index is 2.95. The summed E-state index contributed by atoms with van der Waals surface area (Å²) >= 11 is 0. The maximum absolute atomic E-state index is 10.9. The molecule has 0 aromatic rings. The fourth-order valence-corrected chi connectivity index (χ4v) is 2.80. The second-order valence-electron chi connectivity index (χ2n) is 5.36. The lowest BCUT2D eigenvalue weighted by atomic mass is 9.63. The summed E-state index contributed by atoms with van der Waals surface area (Å²) in [4.78, 5) is 21.7. The van der Waals surface area contributed by atoms with Gasteiger partial charge in [-0.15, -0.1) is 0 Å². The van der Waals surface area contributed by atoms with Crippen molar-refractivity contribution in [2.45, 2.75) is 27.2 Å². The zero-order valence-corrected chi connectivity index (χ0v) is 11.6. The number of carbonyl (C=O) groups excluding carboxylic acids is 2. The number of hydrogen-bond donors (Lipinski definition) is 2. The Hall–Kier alpha value is -1.72. The van der Waals surface area contributed by atoms with Gasteiger partial charge in [-0.05, 0) is 25.2 Å². The number of carbonyl (C=O) groups is 2. The minimum atomic E-state index is -0.830. The van der Waals surface area contributed by atoms with Crippen LogP contribution in [0.1, 0.15) is 27.2 Å². The molecule has 0 spiro atoms. The molecule has 4 N–H and O–H groups in total. The predicted octanol–water partition coefficient (Wildman–Crippen LogP) is 1.79. The third-order valence-electron chi connectivity index (χ3n) is 4.02. The van der Waals surface area contributed by atoms with E-state index in [-0.39, 0.29) is 25.0 Å². The van der Waals surface area contributed by atoms with Crippen molar-refractivity contribution in [1.82, 2.24) is 0 Å². The Labute approximate surface area is 113 Å². The highest BCUT2D eigenvalue weighted by molar-refractivity contribution is 5.65. The van der Waals surface area contributed by atoms with E-state index in [1.54, 1.807) is 0 Å². The number of ether oxygens (including phenoxy) is 2. The maximum Gasteiger partial charge on any atom is 0.404 e. The van der Waals surface area contributed by atoms with E-state index in [0.717, 1.165) is 6.42 Å². The lowest BCUT2D eigenvalue weighted by Crippen LogP contribution is -2.47. The van der Waals surface area contributed by atoms with Crippen LogP contribution in [0.3, 0.4) is 0 Å². The Kier molecular flexibility index (Phi) is 4.80. The van der Waals surface area contributed by atoms with Gasteiger partial charge >= 0.3 is 12.2 Å². The second-order valence-corrected chi connectivity index (χ2v) is 5.36. The van der Waals surface area contributed by atoms with Crippen LogP contribution >= 0.6 is 0 Å². The minimum absolute atomic E-state index is 0.0925. The number of primary amides is 2. The average molecular weight is 270 g/mol. The number of amides is 2. The zero-order valence-electron chi connectivity index (χ0n) is 11.6. The van der Waals surface area contributed by atoms with Crippen LogP contribution in [0.2, 0.25) is 0 Å². The predicted molar refractivity (Wildman–Crippen MR) is 70.2 cm³/mol. The third kappa shape index (κ3) is 3.62. The van der Waals surface area contributed by atoms with E-state index in [2.05, 4.69) is 13.0 Å². The molecule has 1 aliphatic rings. The molecule has 0 radical (unpaired) electrons. The highest BCUT2D eigenvalue weighted by Gasteiger charge is 2.45. The Morgan fingerprint density at radius 2 is 1.74 bits per heavy atom. The molecule has 0 bridgehead atoms. The van der Waals surface area contributed by atoms with Crippen molar-refractivity contribution < 1.29 is 19.1 Å². The van der Waals surface area contributed by atoms with E-state index in [9.17, 15) is 9.59 Å². The van der Waals surface area contributed by atoms with Gasteiger partial charge < -0.3 is 20.9 Å². The maximum atomic E-state index is 10.9. The summed E-state index contributed by atoms with van der Waals surface area (Å²) in [7, 11) is 0. The van der Waals surface area contributed by atoms with Crippen LogP contribution in [0.15, 0.2) is 11.6 Å². The van der Waals surface area contributed by atoms with Crippen molar-refractivity contribution in [3.05, 3.63) is 11.6 Å². The van der Waals surface area contributed by atoms with Gasteiger partial charge in [-0.3, -0.25) is 0 Å². The molecular formula is C13H22N2O4.